The smallest absolute Gasteiger partial charge is 0.156 e. The Hall–Kier alpha value is -0.810. The molecule has 0 aliphatic rings. The molecule has 8 heteroatoms. The van der Waals surface area contributed by atoms with Gasteiger partial charge in [0.25, 0.3) is 0 Å². The molecule has 0 radical (unpaired) electrons. The molecule has 0 bridgehead atoms. The molecule has 0 aromatic heterocycles. The SMILES string of the molecule is Oc1cc(Cl)c(OCCCCC/C=N/OCC=C(Cl)Cl)c(Cl)c1. The maximum atomic E-state index is 9.33. The van der Waals surface area contributed by atoms with E-state index in [9.17, 15) is 5.11 Å². The molecule has 0 aliphatic heterocycles. The van der Waals surface area contributed by atoms with Gasteiger partial charge in [0.05, 0.1) is 16.7 Å². The van der Waals surface area contributed by atoms with Crippen LogP contribution in [0.25, 0.3) is 0 Å². The minimum atomic E-state index is 0.0117. The van der Waals surface area contributed by atoms with E-state index in [1.807, 2.05) is 0 Å². The number of rotatable bonds is 10. The number of oxime groups is 1. The molecule has 0 saturated carbocycles. The Kier molecular flexibility index (Phi) is 10.3. The van der Waals surface area contributed by atoms with Gasteiger partial charge in [-0.1, -0.05) is 51.6 Å². The average molecular weight is 401 g/mol. The highest BCUT2D eigenvalue weighted by molar-refractivity contribution is 6.55. The lowest BCUT2D eigenvalue weighted by Crippen LogP contribution is -1.98. The summed E-state index contributed by atoms with van der Waals surface area (Å²) in [6.45, 7) is 0.748. The maximum absolute atomic E-state index is 9.33. The average Bonchev–Trinajstić information content (AvgIpc) is 2.46. The number of hydrogen-bond acceptors (Lipinski definition) is 4. The molecular weight excluding hydrogens is 384 g/mol. The predicted octanol–water partition coefficient (Wildman–Crippen LogP) is 5.96. The van der Waals surface area contributed by atoms with Gasteiger partial charge in [-0.05, 0) is 31.8 Å². The number of aromatic hydroxyl groups is 1. The van der Waals surface area contributed by atoms with E-state index in [0.717, 1.165) is 25.7 Å². The number of nitrogens with zero attached hydrogens (tertiary/aromatic N) is 1. The number of phenols is 1. The van der Waals surface area contributed by atoms with Crippen LogP contribution >= 0.6 is 46.4 Å². The fourth-order valence-electron chi connectivity index (χ4n) is 1.62. The Morgan fingerprint density at radius 2 is 1.83 bits per heavy atom. The molecule has 0 aliphatic carbocycles. The van der Waals surface area contributed by atoms with Gasteiger partial charge in [0.15, 0.2) is 5.75 Å². The normalized spacial score (nSPS) is 10.8. The fourth-order valence-corrected chi connectivity index (χ4v) is 2.33. The lowest BCUT2D eigenvalue weighted by Gasteiger charge is -2.10. The Morgan fingerprint density at radius 3 is 2.48 bits per heavy atom. The van der Waals surface area contributed by atoms with Crippen molar-refractivity contribution < 1.29 is 14.7 Å². The van der Waals surface area contributed by atoms with Crippen molar-refractivity contribution in [1.29, 1.82) is 0 Å². The molecule has 0 atom stereocenters. The van der Waals surface area contributed by atoms with Gasteiger partial charge in [-0.25, -0.2) is 0 Å². The van der Waals surface area contributed by atoms with Gasteiger partial charge < -0.3 is 14.7 Å². The molecule has 128 valence electrons. The monoisotopic (exact) mass is 399 g/mol. The van der Waals surface area contributed by atoms with E-state index in [1.54, 1.807) is 6.21 Å². The summed E-state index contributed by atoms with van der Waals surface area (Å²) in [5.74, 6) is 0.407. The molecule has 1 aromatic rings. The van der Waals surface area contributed by atoms with Crippen LogP contribution in [-0.4, -0.2) is 24.5 Å². The largest absolute Gasteiger partial charge is 0.508 e. The van der Waals surface area contributed by atoms with Gasteiger partial charge in [0.1, 0.15) is 16.8 Å². The van der Waals surface area contributed by atoms with E-state index in [0.29, 0.717) is 22.4 Å². The molecular formula is C15H17Cl4NO3. The van der Waals surface area contributed by atoms with Crippen LogP contribution in [0.4, 0.5) is 0 Å². The fraction of sp³-hybridized carbons (Fsp3) is 0.400. The van der Waals surface area contributed by atoms with E-state index in [2.05, 4.69) is 5.16 Å². The number of phenolic OH excluding ortho intramolecular Hbond substituents is 1. The van der Waals surface area contributed by atoms with Crippen LogP contribution in [0.3, 0.4) is 0 Å². The molecule has 0 amide bonds. The number of ether oxygens (including phenoxy) is 1. The van der Waals surface area contributed by atoms with Gasteiger partial charge in [-0.2, -0.15) is 0 Å². The molecule has 4 nitrogen and oxygen atoms in total. The van der Waals surface area contributed by atoms with Crippen molar-refractivity contribution in [1.82, 2.24) is 0 Å². The van der Waals surface area contributed by atoms with Crippen molar-refractivity contribution in [3.05, 3.63) is 32.7 Å². The Balaban J connectivity index is 2.10. The highest BCUT2D eigenvalue weighted by atomic mass is 35.5. The third kappa shape index (κ3) is 9.16. The summed E-state index contributed by atoms with van der Waals surface area (Å²) in [6, 6.07) is 2.79. The van der Waals surface area contributed by atoms with Crippen molar-refractivity contribution in [2.75, 3.05) is 13.2 Å². The molecule has 0 saturated heterocycles. The van der Waals surface area contributed by atoms with Gasteiger partial charge in [-0.15, -0.1) is 0 Å². The van der Waals surface area contributed by atoms with Crippen molar-refractivity contribution in [3.63, 3.8) is 0 Å². The second kappa shape index (κ2) is 11.7. The quantitative estimate of drug-likeness (QED) is 0.299. The van der Waals surface area contributed by atoms with E-state index < -0.39 is 0 Å². The van der Waals surface area contributed by atoms with Crippen molar-refractivity contribution in [3.8, 4) is 11.5 Å². The van der Waals surface area contributed by atoms with Crippen LogP contribution in [-0.2, 0) is 4.84 Å². The molecule has 0 heterocycles. The lowest BCUT2D eigenvalue weighted by molar-refractivity contribution is 0.175. The van der Waals surface area contributed by atoms with Crippen LogP contribution in [0.5, 0.6) is 11.5 Å². The van der Waals surface area contributed by atoms with Gasteiger partial charge in [0.2, 0.25) is 0 Å². The second-order valence-electron chi connectivity index (χ2n) is 4.51. The Morgan fingerprint density at radius 1 is 1.13 bits per heavy atom. The summed E-state index contributed by atoms with van der Waals surface area (Å²) >= 11 is 22.7. The van der Waals surface area contributed by atoms with E-state index in [-0.39, 0.29) is 16.8 Å². The first-order valence-corrected chi connectivity index (χ1v) is 8.47. The summed E-state index contributed by atoms with van der Waals surface area (Å²) in [5.41, 5.74) is 0. The first-order valence-electron chi connectivity index (χ1n) is 6.96. The number of unbranched alkanes of at least 4 members (excludes halogenated alkanes) is 3. The standard InChI is InChI=1S/C15H17Cl4NO3/c16-12-9-11(21)10-13(17)15(12)22-7-4-2-1-3-6-20-23-8-5-14(18)19/h5-6,9-10,21H,1-4,7-8H2/b20-6+. The molecule has 1 aromatic carbocycles. The van der Waals surface area contributed by atoms with Gasteiger partial charge >= 0.3 is 0 Å². The van der Waals surface area contributed by atoms with Crippen LogP contribution in [0.2, 0.25) is 10.0 Å². The third-order valence-electron chi connectivity index (χ3n) is 2.67. The number of hydrogen-bond donors (Lipinski definition) is 1. The van der Waals surface area contributed by atoms with E-state index in [4.69, 9.17) is 56.0 Å². The van der Waals surface area contributed by atoms with Crippen molar-refractivity contribution >= 4 is 52.6 Å². The summed E-state index contributed by atoms with van der Waals surface area (Å²) < 4.78 is 5.70. The van der Waals surface area contributed by atoms with Gasteiger partial charge in [0, 0.05) is 18.3 Å². The molecule has 0 spiro atoms. The third-order valence-corrected chi connectivity index (χ3v) is 3.54. The lowest BCUT2D eigenvalue weighted by atomic mass is 10.2. The van der Waals surface area contributed by atoms with Crippen LogP contribution in [0.1, 0.15) is 25.7 Å². The Labute approximate surface area is 155 Å². The zero-order valence-electron chi connectivity index (χ0n) is 12.3. The van der Waals surface area contributed by atoms with Crippen LogP contribution in [0.15, 0.2) is 27.9 Å². The first-order chi connectivity index (χ1) is 11.0. The minimum Gasteiger partial charge on any atom is -0.508 e. The molecule has 1 N–H and O–H groups in total. The van der Waals surface area contributed by atoms with Crippen molar-refractivity contribution in [2.45, 2.75) is 25.7 Å². The second-order valence-corrected chi connectivity index (χ2v) is 6.34. The molecule has 1 rings (SSSR count). The topological polar surface area (TPSA) is 51.0 Å². The number of halogens is 4. The minimum absolute atomic E-state index is 0.0117. The van der Waals surface area contributed by atoms with Crippen LogP contribution in [0, 0.1) is 0 Å². The zero-order valence-corrected chi connectivity index (χ0v) is 15.3. The summed E-state index contributed by atoms with van der Waals surface area (Å²) in [6.07, 6.45) is 6.79. The first kappa shape index (κ1) is 20.2. The van der Waals surface area contributed by atoms with Gasteiger partial charge in [-0.3, -0.25) is 0 Å². The zero-order chi connectivity index (χ0) is 17.1. The molecule has 0 unspecified atom stereocenters. The summed E-state index contributed by atoms with van der Waals surface area (Å²) in [7, 11) is 0. The Bertz CT molecular complexity index is 523. The molecule has 0 fully saturated rings. The predicted molar refractivity (Wildman–Crippen MR) is 96.3 cm³/mol. The van der Waals surface area contributed by atoms with Crippen molar-refractivity contribution in [2.24, 2.45) is 5.16 Å². The highest BCUT2D eigenvalue weighted by Gasteiger charge is 2.09. The molecule has 23 heavy (non-hydrogen) atoms. The highest BCUT2D eigenvalue weighted by Crippen LogP contribution is 2.36. The maximum Gasteiger partial charge on any atom is 0.156 e. The van der Waals surface area contributed by atoms with Crippen LogP contribution < -0.4 is 4.74 Å². The van der Waals surface area contributed by atoms with E-state index >= 15 is 0 Å². The number of benzene rings is 1. The summed E-state index contributed by atoms with van der Waals surface area (Å²) in [4.78, 5) is 4.92. The summed E-state index contributed by atoms with van der Waals surface area (Å²) in [5, 5.41) is 13.7. The van der Waals surface area contributed by atoms with E-state index in [1.165, 1.54) is 18.2 Å².